The van der Waals surface area contributed by atoms with E-state index in [0.29, 0.717) is 0 Å². The fraction of sp³-hybridized carbons (Fsp3) is 0.500. The molecule has 410 valence electrons. The number of likely N-dealkylation sites (N-methyl/N-ethyl adjacent to an activating group) is 2. The number of likely N-dealkylation sites (tertiary alicyclic amines) is 2. The van der Waals surface area contributed by atoms with Gasteiger partial charge in [0.05, 0.1) is 24.2 Å². The number of Topliss-reactive ketones (excluding diaryl/α,β-unsaturated/α-hetero) is 1. The van der Waals surface area contributed by atoms with Crippen LogP contribution in [0.3, 0.4) is 0 Å². The summed E-state index contributed by atoms with van der Waals surface area (Å²) < 4.78 is 0. The molecule has 75 heavy (non-hydrogen) atoms. The number of nitrogens with one attached hydrogen (secondary N) is 8. The van der Waals surface area contributed by atoms with Crippen molar-refractivity contribution in [2.45, 2.75) is 141 Å². The molecule has 0 bridgehead atoms. The van der Waals surface area contributed by atoms with Crippen LogP contribution < -0.4 is 42.5 Å². The number of carbonyl (C=O) groups is 9. The first-order valence-corrected chi connectivity index (χ1v) is 25.0. The second kappa shape index (κ2) is 28.5. The first-order chi connectivity index (χ1) is 34.5. The Morgan fingerprint density at radius 1 is 0.573 bits per heavy atom. The molecule has 2 aliphatic heterocycles. The van der Waals surface area contributed by atoms with Gasteiger partial charge >= 0.3 is 0 Å². The predicted octanol–water partition coefficient (Wildman–Crippen LogP) is 3.28. The molecule has 2 saturated heterocycles. The van der Waals surface area contributed by atoms with Crippen molar-refractivity contribution in [1.29, 1.82) is 0 Å². The highest BCUT2D eigenvalue weighted by atomic mass is 35.5. The Labute approximate surface area is 452 Å². The standard InChI is InChI=1S/C54H74N10O9.2ClH/c1-31(65)24-25-42(61-46(66)34(4)55-9)52(72)63-29-40(27-43(63)50(70)57-32(2)36-18-13-11-14-19-36)59-48(68)38-22-17-23-39(26-38)49(69)60-41-28-44(51(71)58-33(3)37-20-15-12-16-21-37)64(30-41)53(73)45(54(6,7)8)62-47(67)35(5)56-10;;/h11-23,26,32-35,40-45,55-56H,24-25,27-30H2,1-10H3,(H,57,70)(H,58,71)(H,59,68)(H,60,69)(H,61,66)(H,62,67);2*1H/t32-,33-,34+,35+,40+,41+,42+,43+,44+,45-;;/m1../s1. The van der Waals surface area contributed by atoms with Crippen LogP contribution in [0.5, 0.6) is 0 Å². The van der Waals surface area contributed by atoms with E-state index in [1.807, 2.05) is 95.3 Å². The molecular formula is C54H76Cl2N10O9. The van der Waals surface area contributed by atoms with E-state index in [4.69, 9.17) is 0 Å². The van der Waals surface area contributed by atoms with Crippen LogP contribution >= 0.6 is 24.8 Å². The first kappa shape index (κ1) is 62.9. The van der Waals surface area contributed by atoms with Crippen molar-refractivity contribution in [2.75, 3.05) is 27.2 Å². The van der Waals surface area contributed by atoms with Gasteiger partial charge in [-0.15, -0.1) is 24.8 Å². The summed E-state index contributed by atoms with van der Waals surface area (Å²) >= 11 is 0. The van der Waals surface area contributed by atoms with Crippen molar-refractivity contribution in [3.05, 3.63) is 107 Å². The van der Waals surface area contributed by atoms with E-state index in [1.54, 1.807) is 34.0 Å². The molecule has 19 nitrogen and oxygen atoms in total. The van der Waals surface area contributed by atoms with E-state index in [2.05, 4.69) is 42.5 Å². The molecule has 0 spiro atoms. The van der Waals surface area contributed by atoms with Gasteiger partial charge in [0, 0.05) is 42.7 Å². The fourth-order valence-corrected chi connectivity index (χ4v) is 8.92. The maximum absolute atomic E-state index is 14.5. The topological polar surface area (TPSA) is 256 Å². The lowest BCUT2D eigenvalue weighted by molar-refractivity contribution is -0.144. The summed E-state index contributed by atoms with van der Waals surface area (Å²) in [6.45, 7) is 13.6. The minimum Gasteiger partial charge on any atom is -0.348 e. The third-order valence-corrected chi connectivity index (χ3v) is 13.6. The van der Waals surface area contributed by atoms with Crippen LogP contribution in [-0.4, -0.2) is 138 Å². The molecule has 8 N–H and O–H groups in total. The van der Waals surface area contributed by atoms with E-state index in [1.165, 1.54) is 34.9 Å². The highest BCUT2D eigenvalue weighted by Gasteiger charge is 2.46. The second-order valence-corrected chi connectivity index (χ2v) is 20.3. The molecule has 8 amide bonds. The Bertz CT molecular complexity index is 2480. The predicted molar refractivity (Wildman–Crippen MR) is 290 cm³/mol. The summed E-state index contributed by atoms with van der Waals surface area (Å²) in [6, 6.07) is 16.9. The number of hydrogen-bond donors (Lipinski definition) is 8. The average molecular weight is 1080 g/mol. The molecule has 0 aromatic heterocycles. The molecule has 0 radical (unpaired) electrons. The number of ketones is 1. The number of benzene rings is 3. The maximum atomic E-state index is 14.5. The summed E-state index contributed by atoms with van der Waals surface area (Å²) in [5.74, 6) is -4.17. The zero-order chi connectivity index (χ0) is 53.7. The third-order valence-electron chi connectivity index (χ3n) is 13.6. The molecule has 0 unspecified atom stereocenters. The van der Waals surface area contributed by atoms with Gasteiger partial charge in [-0.3, -0.25) is 38.4 Å². The largest absolute Gasteiger partial charge is 0.348 e. The van der Waals surface area contributed by atoms with Crippen molar-refractivity contribution >= 4 is 77.9 Å². The van der Waals surface area contributed by atoms with E-state index in [-0.39, 0.29) is 80.5 Å². The van der Waals surface area contributed by atoms with Crippen molar-refractivity contribution in [1.82, 2.24) is 52.3 Å². The summed E-state index contributed by atoms with van der Waals surface area (Å²) in [5.41, 5.74) is 1.16. The van der Waals surface area contributed by atoms with Gasteiger partial charge in [0.15, 0.2) is 0 Å². The summed E-state index contributed by atoms with van der Waals surface area (Å²) in [5, 5.41) is 23.3. The molecule has 0 saturated carbocycles. The molecule has 21 heteroatoms. The smallest absolute Gasteiger partial charge is 0.251 e. The van der Waals surface area contributed by atoms with Crippen LogP contribution in [0.1, 0.15) is 125 Å². The van der Waals surface area contributed by atoms with E-state index in [9.17, 15) is 43.2 Å². The van der Waals surface area contributed by atoms with Crippen LogP contribution in [0.2, 0.25) is 0 Å². The van der Waals surface area contributed by atoms with Crippen LogP contribution in [0.4, 0.5) is 0 Å². The third kappa shape index (κ3) is 17.1. The maximum Gasteiger partial charge on any atom is 0.251 e. The number of nitrogens with zero attached hydrogens (tertiary/aromatic N) is 2. The Balaban J connectivity index is 0.00000741. The van der Waals surface area contributed by atoms with Gasteiger partial charge in [-0.1, -0.05) is 87.5 Å². The first-order valence-electron chi connectivity index (χ1n) is 25.0. The van der Waals surface area contributed by atoms with Crippen molar-refractivity contribution in [3.8, 4) is 0 Å². The van der Waals surface area contributed by atoms with Crippen molar-refractivity contribution < 1.29 is 43.2 Å². The monoisotopic (exact) mass is 1080 g/mol. The normalized spacial score (nSPS) is 19.5. The van der Waals surface area contributed by atoms with E-state index >= 15 is 0 Å². The molecular weight excluding hydrogens is 1000 g/mol. The van der Waals surface area contributed by atoms with Crippen LogP contribution in [-0.2, 0) is 33.6 Å². The summed E-state index contributed by atoms with van der Waals surface area (Å²) in [6.07, 6.45) is 0.0804. The number of amides is 8. The lowest BCUT2D eigenvalue weighted by Gasteiger charge is -2.36. The van der Waals surface area contributed by atoms with Gasteiger partial charge in [0.25, 0.3) is 11.8 Å². The molecule has 2 aliphatic rings. The molecule has 3 aromatic rings. The van der Waals surface area contributed by atoms with Crippen molar-refractivity contribution in [3.63, 3.8) is 0 Å². The summed E-state index contributed by atoms with van der Waals surface area (Å²) in [7, 11) is 3.23. The van der Waals surface area contributed by atoms with E-state index in [0.717, 1.165) is 11.1 Å². The van der Waals surface area contributed by atoms with Gasteiger partial charge in [0.1, 0.15) is 30.0 Å². The zero-order valence-corrected chi connectivity index (χ0v) is 46.1. The minimum atomic E-state index is -1.14. The fourth-order valence-electron chi connectivity index (χ4n) is 8.92. The Hall–Kier alpha value is -6.41. The van der Waals surface area contributed by atoms with Gasteiger partial charge in [-0.25, -0.2) is 0 Å². The number of hydrogen-bond acceptors (Lipinski definition) is 11. The van der Waals surface area contributed by atoms with Crippen LogP contribution in [0.15, 0.2) is 84.9 Å². The Kier molecular flexibility index (Phi) is 23.9. The van der Waals surface area contributed by atoms with E-state index < -0.39 is 113 Å². The van der Waals surface area contributed by atoms with Gasteiger partial charge in [-0.05, 0) is 103 Å². The number of halogens is 2. The van der Waals surface area contributed by atoms with Gasteiger partial charge in [0.2, 0.25) is 35.4 Å². The lowest BCUT2D eigenvalue weighted by atomic mass is 9.85. The average Bonchev–Trinajstić information content (AvgIpc) is 4.00. The van der Waals surface area contributed by atoms with Gasteiger partial charge < -0.3 is 57.1 Å². The number of carbonyl (C=O) groups excluding carboxylic acids is 9. The molecule has 2 heterocycles. The Morgan fingerprint density at radius 2 is 0.987 bits per heavy atom. The number of rotatable bonds is 21. The van der Waals surface area contributed by atoms with Crippen molar-refractivity contribution in [2.24, 2.45) is 5.41 Å². The van der Waals surface area contributed by atoms with Crippen LogP contribution in [0.25, 0.3) is 0 Å². The summed E-state index contributed by atoms with van der Waals surface area (Å²) in [4.78, 5) is 126. The Morgan fingerprint density at radius 3 is 1.39 bits per heavy atom. The highest BCUT2D eigenvalue weighted by molar-refractivity contribution is 6.01. The quantitative estimate of drug-likeness (QED) is 0.0769. The molecule has 3 aromatic carbocycles. The lowest BCUT2D eigenvalue weighted by Crippen LogP contribution is -2.59. The van der Waals surface area contributed by atoms with Crippen LogP contribution in [0, 0.1) is 5.41 Å². The molecule has 2 fully saturated rings. The molecule has 5 rings (SSSR count). The highest BCUT2D eigenvalue weighted by Crippen LogP contribution is 2.28. The molecule has 0 aliphatic carbocycles. The zero-order valence-electron chi connectivity index (χ0n) is 44.5. The molecule has 10 atom stereocenters. The SMILES string of the molecule is CN[C@@H](C)C(=O)N[C@@H](CCC(C)=O)C(=O)N1C[C@@H](NC(=O)c2cccc(C(=O)N[C@H]3C[C@@H](C(=O)N[C@H](C)c4ccccc4)N(C(=O)[C@@H](NC(=O)[C@H](C)NC)C(C)(C)C)C3)c2)C[C@H]1C(=O)N[C@H](C)c1ccccc1.Cl.Cl. The minimum absolute atomic E-state index is 0. The van der Waals surface area contributed by atoms with Gasteiger partial charge in [-0.2, -0.15) is 0 Å². The second-order valence-electron chi connectivity index (χ2n) is 20.3.